The first-order chi connectivity index (χ1) is 11.4. The Morgan fingerprint density at radius 3 is 2.58 bits per heavy atom. The van der Waals surface area contributed by atoms with Gasteiger partial charge in [0.25, 0.3) is 0 Å². The van der Waals surface area contributed by atoms with Gasteiger partial charge in [0.05, 0.1) is 19.3 Å². The Hall–Kier alpha value is -1.92. The summed E-state index contributed by atoms with van der Waals surface area (Å²) < 4.78 is 5.50. The molecule has 0 aliphatic carbocycles. The number of rotatable bonds is 6. The lowest BCUT2D eigenvalue weighted by Crippen LogP contribution is -2.59. The SMILES string of the molecule is CC(C)N(Cc1ccccc1)C(=O)CN1CCO[C@H](C)[C@H]1C(N)=O. The molecule has 0 saturated carbocycles. The second-order valence-electron chi connectivity index (χ2n) is 6.49. The number of carbonyl (C=O) groups is 2. The average molecular weight is 333 g/mol. The number of hydrogen-bond donors (Lipinski definition) is 1. The molecule has 2 N–H and O–H groups in total. The fourth-order valence-electron chi connectivity index (χ4n) is 3.08. The fraction of sp³-hybridized carbons (Fsp3) is 0.556. The summed E-state index contributed by atoms with van der Waals surface area (Å²) in [5.74, 6) is -0.455. The second-order valence-corrected chi connectivity index (χ2v) is 6.49. The molecule has 0 unspecified atom stereocenters. The standard InChI is InChI=1S/C18H27N3O3/c1-13(2)21(11-15-7-5-4-6-8-15)16(22)12-20-9-10-24-14(3)17(20)18(19)23/h4-8,13-14,17H,9-12H2,1-3H3,(H2,19,23)/t14-,17+/m1/s1. The largest absolute Gasteiger partial charge is 0.375 e. The van der Waals surface area contributed by atoms with Crippen molar-refractivity contribution in [1.29, 1.82) is 0 Å². The van der Waals surface area contributed by atoms with E-state index in [2.05, 4.69) is 0 Å². The molecule has 0 spiro atoms. The maximum atomic E-state index is 12.8. The van der Waals surface area contributed by atoms with Gasteiger partial charge in [-0.05, 0) is 26.3 Å². The normalized spacial score (nSPS) is 21.7. The molecule has 2 rings (SSSR count). The van der Waals surface area contributed by atoms with E-state index in [1.807, 2.05) is 60.9 Å². The molecule has 1 aromatic rings. The van der Waals surface area contributed by atoms with Crippen LogP contribution in [-0.4, -0.2) is 59.5 Å². The quantitative estimate of drug-likeness (QED) is 0.843. The summed E-state index contributed by atoms with van der Waals surface area (Å²) in [6.07, 6.45) is -0.300. The van der Waals surface area contributed by atoms with Gasteiger partial charge < -0.3 is 15.4 Å². The number of morpholine rings is 1. The molecule has 6 nitrogen and oxygen atoms in total. The van der Waals surface area contributed by atoms with Gasteiger partial charge in [-0.1, -0.05) is 30.3 Å². The minimum absolute atomic E-state index is 0.00537. The van der Waals surface area contributed by atoms with E-state index in [1.165, 1.54) is 0 Å². The van der Waals surface area contributed by atoms with Crippen molar-refractivity contribution in [2.75, 3.05) is 19.7 Å². The molecule has 24 heavy (non-hydrogen) atoms. The van der Waals surface area contributed by atoms with Gasteiger partial charge in [-0.3, -0.25) is 14.5 Å². The van der Waals surface area contributed by atoms with Crippen molar-refractivity contribution in [3.05, 3.63) is 35.9 Å². The van der Waals surface area contributed by atoms with Gasteiger partial charge in [0.2, 0.25) is 11.8 Å². The molecule has 1 aliphatic rings. The Morgan fingerprint density at radius 1 is 1.33 bits per heavy atom. The van der Waals surface area contributed by atoms with Crippen molar-refractivity contribution in [2.24, 2.45) is 5.73 Å². The fourth-order valence-corrected chi connectivity index (χ4v) is 3.08. The van der Waals surface area contributed by atoms with Crippen LogP contribution in [-0.2, 0) is 20.9 Å². The van der Waals surface area contributed by atoms with Crippen molar-refractivity contribution >= 4 is 11.8 Å². The summed E-state index contributed by atoms with van der Waals surface area (Å²) in [6, 6.07) is 9.40. The predicted octanol–water partition coefficient (Wildman–Crippen LogP) is 0.998. The Labute approximate surface area is 143 Å². The van der Waals surface area contributed by atoms with Crippen LogP contribution in [0.5, 0.6) is 0 Å². The molecule has 1 saturated heterocycles. The maximum Gasteiger partial charge on any atom is 0.237 e. The van der Waals surface area contributed by atoms with Gasteiger partial charge in [-0.2, -0.15) is 0 Å². The van der Waals surface area contributed by atoms with Crippen molar-refractivity contribution in [2.45, 2.75) is 45.5 Å². The number of carbonyl (C=O) groups excluding carboxylic acids is 2. The van der Waals surface area contributed by atoms with Gasteiger partial charge in [0.1, 0.15) is 6.04 Å². The Morgan fingerprint density at radius 2 is 2.00 bits per heavy atom. The molecular weight excluding hydrogens is 306 g/mol. The highest BCUT2D eigenvalue weighted by molar-refractivity contribution is 5.83. The zero-order chi connectivity index (χ0) is 17.7. The van der Waals surface area contributed by atoms with E-state index < -0.39 is 11.9 Å². The van der Waals surface area contributed by atoms with Gasteiger partial charge in [0.15, 0.2) is 0 Å². The van der Waals surface area contributed by atoms with Crippen molar-refractivity contribution in [3.8, 4) is 0 Å². The van der Waals surface area contributed by atoms with Crippen LogP contribution in [0.2, 0.25) is 0 Å². The zero-order valence-electron chi connectivity index (χ0n) is 14.6. The molecule has 2 amide bonds. The van der Waals surface area contributed by atoms with Gasteiger partial charge in [-0.15, -0.1) is 0 Å². The first-order valence-corrected chi connectivity index (χ1v) is 8.38. The third-order valence-electron chi connectivity index (χ3n) is 4.37. The number of primary amides is 1. The van der Waals surface area contributed by atoms with Crippen LogP contribution in [0.25, 0.3) is 0 Å². The monoisotopic (exact) mass is 333 g/mol. The molecule has 1 heterocycles. The van der Waals surface area contributed by atoms with E-state index in [0.717, 1.165) is 5.56 Å². The van der Waals surface area contributed by atoms with Crippen LogP contribution < -0.4 is 5.73 Å². The van der Waals surface area contributed by atoms with E-state index in [0.29, 0.717) is 19.7 Å². The highest BCUT2D eigenvalue weighted by atomic mass is 16.5. The van der Waals surface area contributed by atoms with Crippen LogP contribution >= 0.6 is 0 Å². The summed E-state index contributed by atoms with van der Waals surface area (Å²) in [5.41, 5.74) is 6.58. The minimum atomic E-state index is -0.562. The molecule has 132 valence electrons. The van der Waals surface area contributed by atoms with E-state index in [1.54, 1.807) is 0 Å². The van der Waals surface area contributed by atoms with Crippen molar-refractivity contribution in [1.82, 2.24) is 9.80 Å². The first kappa shape index (κ1) is 18.4. The van der Waals surface area contributed by atoms with E-state index in [-0.39, 0.29) is 24.6 Å². The lowest BCUT2D eigenvalue weighted by molar-refractivity contribution is -0.144. The summed E-state index contributed by atoms with van der Waals surface area (Å²) in [6.45, 7) is 7.56. The third kappa shape index (κ3) is 4.55. The van der Waals surface area contributed by atoms with Crippen LogP contribution in [0.1, 0.15) is 26.3 Å². The molecule has 0 aromatic heterocycles. The Kier molecular flexibility index (Phi) is 6.34. The molecule has 6 heteroatoms. The molecule has 2 atom stereocenters. The molecule has 0 bridgehead atoms. The highest BCUT2D eigenvalue weighted by Gasteiger charge is 2.35. The van der Waals surface area contributed by atoms with E-state index in [4.69, 9.17) is 10.5 Å². The summed E-state index contributed by atoms with van der Waals surface area (Å²) in [5, 5.41) is 0. The lowest BCUT2D eigenvalue weighted by atomic mass is 10.1. The summed E-state index contributed by atoms with van der Waals surface area (Å²) in [7, 11) is 0. The first-order valence-electron chi connectivity index (χ1n) is 8.38. The number of benzene rings is 1. The van der Waals surface area contributed by atoms with Crippen LogP contribution in [0.15, 0.2) is 30.3 Å². The van der Waals surface area contributed by atoms with Crippen molar-refractivity contribution < 1.29 is 14.3 Å². The molecular formula is C18H27N3O3. The lowest BCUT2D eigenvalue weighted by Gasteiger charge is -2.39. The average Bonchev–Trinajstić information content (AvgIpc) is 2.52. The summed E-state index contributed by atoms with van der Waals surface area (Å²) in [4.78, 5) is 28.2. The maximum absolute atomic E-state index is 12.8. The highest BCUT2D eigenvalue weighted by Crippen LogP contribution is 2.15. The predicted molar refractivity (Wildman–Crippen MR) is 92.1 cm³/mol. The molecule has 1 aromatic carbocycles. The van der Waals surface area contributed by atoms with Gasteiger partial charge in [0, 0.05) is 19.1 Å². The van der Waals surface area contributed by atoms with E-state index >= 15 is 0 Å². The smallest absolute Gasteiger partial charge is 0.237 e. The topological polar surface area (TPSA) is 75.9 Å². The molecule has 0 radical (unpaired) electrons. The number of nitrogens with zero attached hydrogens (tertiary/aromatic N) is 2. The van der Waals surface area contributed by atoms with Gasteiger partial charge >= 0.3 is 0 Å². The number of nitrogens with two attached hydrogens (primary N) is 1. The molecule has 1 aliphatic heterocycles. The van der Waals surface area contributed by atoms with Crippen LogP contribution in [0.3, 0.4) is 0 Å². The number of ether oxygens (including phenoxy) is 1. The van der Waals surface area contributed by atoms with Crippen LogP contribution in [0.4, 0.5) is 0 Å². The van der Waals surface area contributed by atoms with Crippen LogP contribution in [0, 0.1) is 0 Å². The zero-order valence-corrected chi connectivity index (χ0v) is 14.6. The summed E-state index contributed by atoms with van der Waals surface area (Å²) >= 11 is 0. The van der Waals surface area contributed by atoms with E-state index in [9.17, 15) is 9.59 Å². The Bertz CT molecular complexity index is 562. The van der Waals surface area contributed by atoms with Gasteiger partial charge in [-0.25, -0.2) is 0 Å². The van der Waals surface area contributed by atoms with Crippen molar-refractivity contribution in [3.63, 3.8) is 0 Å². The third-order valence-corrected chi connectivity index (χ3v) is 4.37. The minimum Gasteiger partial charge on any atom is -0.375 e. The number of amides is 2. The number of hydrogen-bond acceptors (Lipinski definition) is 4. The second kappa shape index (κ2) is 8.26. The molecule has 1 fully saturated rings. The Balaban J connectivity index is 2.08.